The number of rotatable bonds is 7. The van der Waals surface area contributed by atoms with E-state index in [0.717, 1.165) is 57.7 Å². The second-order valence-electron chi connectivity index (χ2n) is 7.30. The Bertz CT molecular complexity index is 539. The molecule has 0 aromatic heterocycles. The fraction of sp³-hybridized carbons (Fsp3) is 0.650. The Morgan fingerprint density at radius 1 is 1.25 bits per heavy atom. The van der Waals surface area contributed by atoms with Gasteiger partial charge in [-0.3, -0.25) is 4.79 Å². The first kappa shape index (κ1) is 17.3. The lowest BCUT2D eigenvalue weighted by atomic mass is 9.93. The zero-order valence-corrected chi connectivity index (χ0v) is 15.0. The predicted molar refractivity (Wildman–Crippen MR) is 95.9 cm³/mol. The van der Waals surface area contributed by atoms with Crippen molar-refractivity contribution in [3.8, 4) is 5.75 Å². The highest BCUT2D eigenvalue weighted by atomic mass is 16.5. The van der Waals surface area contributed by atoms with E-state index in [1.807, 2.05) is 12.1 Å². The molecule has 4 nitrogen and oxygen atoms in total. The second kappa shape index (κ2) is 8.02. The Morgan fingerprint density at radius 3 is 2.62 bits per heavy atom. The van der Waals surface area contributed by atoms with Gasteiger partial charge in [0.25, 0.3) is 0 Å². The average molecular weight is 330 g/mol. The summed E-state index contributed by atoms with van der Waals surface area (Å²) >= 11 is 0. The van der Waals surface area contributed by atoms with Gasteiger partial charge in [-0.25, -0.2) is 0 Å². The molecule has 24 heavy (non-hydrogen) atoms. The van der Waals surface area contributed by atoms with Gasteiger partial charge in [-0.1, -0.05) is 26.0 Å². The third kappa shape index (κ3) is 4.50. The molecule has 1 heterocycles. The monoisotopic (exact) mass is 330 g/mol. The van der Waals surface area contributed by atoms with Gasteiger partial charge in [0, 0.05) is 31.6 Å². The van der Waals surface area contributed by atoms with E-state index in [9.17, 15) is 4.79 Å². The third-order valence-electron chi connectivity index (χ3n) is 5.11. The number of piperidine rings is 1. The molecule has 3 rings (SSSR count). The molecule has 2 atom stereocenters. The minimum Gasteiger partial charge on any atom is -0.494 e. The lowest BCUT2D eigenvalue weighted by molar-refractivity contribution is -0.134. The van der Waals surface area contributed by atoms with Crippen molar-refractivity contribution < 1.29 is 9.53 Å². The summed E-state index contributed by atoms with van der Waals surface area (Å²) in [5.41, 5.74) is 1.28. The van der Waals surface area contributed by atoms with E-state index >= 15 is 0 Å². The van der Waals surface area contributed by atoms with Gasteiger partial charge in [0.15, 0.2) is 0 Å². The van der Waals surface area contributed by atoms with Crippen LogP contribution in [0, 0.1) is 11.8 Å². The summed E-state index contributed by atoms with van der Waals surface area (Å²) in [6.07, 6.45) is 4.28. The van der Waals surface area contributed by atoms with Gasteiger partial charge in [-0.15, -0.1) is 0 Å². The molecule has 1 aliphatic heterocycles. The minimum atomic E-state index is 0.343. The number of hydrogen-bond acceptors (Lipinski definition) is 3. The van der Waals surface area contributed by atoms with Crippen LogP contribution in [0.2, 0.25) is 0 Å². The molecule has 1 aliphatic carbocycles. The molecule has 0 unspecified atom stereocenters. The summed E-state index contributed by atoms with van der Waals surface area (Å²) in [6.45, 7) is 7.82. The molecular weight excluding hydrogens is 300 g/mol. The average Bonchev–Trinajstić information content (AvgIpc) is 3.44. The van der Waals surface area contributed by atoms with Crippen molar-refractivity contribution in [1.82, 2.24) is 10.2 Å². The van der Waals surface area contributed by atoms with Crippen LogP contribution in [-0.2, 0) is 11.3 Å². The van der Waals surface area contributed by atoms with Crippen molar-refractivity contribution in [3.63, 3.8) is 0 Å². The first-order valence-electron chi connectivity index (χ1n) is 9.41. The molecule has 4 heteroatoms. The minimum absolute atomic E-state index is 0.343. The van der Waals surface area contributed by atoms with Crippen LogP contribution < -0.4 is 10.1 Å². The van der Waals surface area contributed by atoms with E-state index < -0.39 is 0 Å². The number of likely N-dealkylation sites (tertiary alicyclic amines) is 1. The van der Waals surface area contributed by atoms with Crippen LogP contribution in [0.25, 0.3) is 0 Å². The Kier molecular flexibility index (Phi) is 5.77. The van der Waals surface area contributed by atoms with E-state index in [1.165, 1.54) is 5.56 Å². The van der Waals surface area contributed by atoms with Crippen LogP contribution in [0.1, 0.15) is 45.1 Å². The predicted octanol–water partition coefficient (Wildman–Crippen LogP) is 3.21. The Balaban J connectivity index is 1.44. The van der Waals surface area contributed by atoms with Gasteiger partial charge < -0.3 is 15.0 Å². The SMILES string of the molecule is CCCOc1ccc(CN[C@@H]2CCN(C(=O)C3CC3)C[C@@H]2C)cc1. The van der Waals surface area contributed by atoms with Crippen molar-refractivity contribution in [3.05, 3.63) is 29.8 Å². The van der Waals surface area contributed by atoms with Gasteiger partial charge in [-0.2, -0.15) is 0 Å². The molecule has 2 fully saturated rings. The molecule has 0 spiro atoms. The second-order valence-corrected chi connectivity index (χ2v) is 7.30. The smallest absolute Gasteiger partial charge is 0.225 e. The van der Waals surface area contributed by atoms with E-state index in [0.29, 0.717) is 23.8 Å². The highest BCUT2D eigenvalue weighted by molar-refractivity contribution is 5.81. The molecule has 1 N–H and O–H groups in total. The van der Waals surface area contributed by atoms with Crippen LogP contribution in [0.5, 0.6) is 5.75 Å². The standard InChI is InChI=1S/C20H30N2O2/c1-3-12-24-18-8-4-16(5-9-18)13-21-19-10-11-22(14-15(19)2)20(23)17-6-7-17/h4-5,8-9,15,17,19,21H,3,6-7,10-14H2,1-2H3/t15-,19+/m0/s1. The number of amides is 1. The molecule has 1 aromatic rings. The van der Waals surface area contributed by atoms with E-state index in [4.69, 9.17) is 4.74 Å². The largest absolute Gasteiger partial charge is 0.494 e. The first-order chi connectivity index (χ1) is 11.7. The number of carbonyl (C=O) groups is 1. The number of nitrogens with one attached hydrogen (secondary N) is 1. The molecule has 1 aromatic carbocycles. The van der Waals surface area contributed by atoms with Crippen molar-refractivity contribution in [2.45, 2.75) is 52.1 Å². The molecule has 132 valence electrons. The molecule has 0 bridgehead atoms. The number of hydrogen-bond donors (Lipinski definition) is 1. The highest BCUT2D eigenvalue weighted by Gasteiger charge is 2.36. The van der Waals surface area contributed by atoms with Gasteiger partial charge in [0.05, 0.1) is 6.61 Å². The Labute approximate surface area is 145 Å². The van der Waals surface area contributed by atoms with Gasteiger partial charge >= 0.3 is 0 Å². The molecule has 2 aliphatic rings. The Hall–Kier alpha value is -1.55. The lowest BCUT2D eigenvalue weighted by Crippen LogP contribution is -2.50. The van der Waals surface area contributed by atoms with E-state index in [2.05, 4.69) is 36.2 Å². The topological polar surface area (TPSA) is 41.6 Å². The fourth-order valence-corrected chi connectivity index (χ4v) is 3.41. The number of ether oxygens (including phenoxy) is 1. The number of benzene rings is 1. The summed E-state index contributed by atoms with van der Waals surface area (Å²) in [7, 11) is 0. The fourth-order valence-electron chi connectivity index (χ4n) is 3.41. The number of nitrogens with zero attached hydrogens (tertiary/aromatic N) is 1. The van der Waals surface area contributed by atoms with Crippen LogP contribution in [-0.4, -0.2) is 36.5 Å². The maximum Gasteiger partial charge on any atom is 0.225 e. The maximum atomic E-state index is 12.2. The quantitative estimate of drug-likeness (QED) is 0.835. The lowest BCUT2D eigenvalue weighted by Gasteiger charge is -2.37. The number of carbonyl (C=O) groups excluding carboxylic acids is 1. The summed E-state index contributed by atoms with van der Waals surface area (Å²) in [5, 5.41) is 3.68. The van der Waals surface area contributed by atoms with Crippen LogP contribution in [0.4, 0.5) is 0 Å². The van der Waals surface area contributed by atoms with Gasteiger partial charge in [0.2, 0.25) is 5.91 Å². The summed E-state index contributed by atoms with van der Waals surface area (Å²) in [4.78, 5) is 14.3. The molecule has 1 amide bonds. The zero-order valence-electron chi connectivity index (χ0n) is 15.0. The van der Waals surface area contributed by atoms with Crippen LogP contribution in [0.15, 0.2) is 24.3 Å². The molecule has 1 saturated heterocycles. The molecular formula is C20H30N2O2. The maximum absolute atomic E-state index is 12.2. The van der Waals surface area contributed by atoms with Crippen molar-refractivity contribution >= 4 is 5.91 Å². The van der Waals surface area contributed by atoms with Crippen molar-refractivity contribution in [2.24, 2.45) is 11.8 Å². The first-order valence-corrected chi connectivity index (χ1v) is 9.41. The summed E-state index contributed by atoms with van der Waals surface area (Å²) < 4.78 is 5.62. The third-order valence-corrected chi connectivity index (χ3v) is 5.11. The van der Waals surface area contributed by atoms with Crippen LogP contribution in [0.3, 0.4) is 0 Å². The van der Waals surface area contributed by atoms with E-state index in [-0.39, 0.29) is 0 Å². The van der Waals surface area contributed by atoms with Crippen LogP contribution >= 0.6 is 0 Å². The summed E-state index contributed by atoms with van der Waals surface area (Å²) in [6, 6.07) is 8.85. The van der Waals surface area contributed by atoms with Gasteiger partial charge in [0.1, 0.15) is 5.75 Å². The van der Waals surface area contributed by atoms with E-state index in [1.54, 1.807) is 0 Å². The zero-order chi connectivity index (χ0) is 16.9. The molecule has 0 radical (unpaired) electrons. The molecule has 1 saturated carbocycles. The van der Waals surface area contributed by atoms with Crippen molar-refractivity contribution in [2.75, 3.05) is 19.7 Å². The van der Waals surface area contributed by atoms with Gasteiger partial charge in [-0.05, 0) is 49.3 Å². The van der Waals surface area contributed by atoms with Crippen molar-refractivity contribution in [1.29, 1.82) is 0 Å². The highest BCUT2D eigenvalue weighted by Crippen LogP contribution is 2.32. The summed E-state index contributed by atoms with van der Waals surface area (Å²) in [5.74, 6) is 2.19. The normalized spacial score (nSPS) is 24.0. The Morgan fingerprint density at radius 2 is 2.00 bits per heavy atom.